The van der Waals surface area contributed by atoms with Gasteiger partial charge in [-0.05, 0) is 77.8 Å². The predicted molar refractivity (Wildman–Crippen MR) is 117 cm³/mol. The lowest BCUT2D eigenvalue weighted by Crippen LogP contribution is -2.28. The van der Waals surface area contributed by atoms with Gasteiger partial charge in [0.1, 0.15) is 22.8 Å². The van der Waals surface area contributed by atoms with Crippen LogP contribution in [0.5, 0.6) is 17.2 Å². The van der Waals surface area contributed by atoms with Crippen molar-refractivity contribution in [3.8, 4) is 17.2 Å². The molecule has 152 valence electrons. The summed E-state index contributed by atoms with van der Waals surface area (Å²) in [6.07, 6.45) is 7.18. The van der Waals surface area contributed by atoms with Crippen molar-refractivity contribution in [2.45, 2.75) is 19.4 Å². The largest absolute Gasteiger partial charge is 0.496 e. The van der Waals surface area contributed by atoms with E-state index >= 15 is 0 Å². The molecule has 0 radical (unpaired) electrons. The minimum atomic E-state index is -0.499. The molecule has 0 N–H and O–H groups in total. The third-order valence-electron chi connectivity index (χ3n) is 4.37. The van der Waals surface area contributed by atoms with Crippen LogP contribution in [-0.4, -0.2) is 32.4 Å². The molecule has 1 aliphatic rings. The normalized spacial score (nSPS) is 14.4. The van der Waals surface area contributed by atoms with Gasteiger partial charge in [-0.2, -0.15) is 0 Å². The molecule has 0 amide bonds. The molecule has 2 aromatic carbocycles. The zero-order valence-electron chi connectivity index (χ0n) is 16.8. The van der Waals surface area contributed by atoms with Crippen LogP contribution in [0.25, 0.3) is 12.2 Å². The highest BCUT2D eigenvalue weighted by atomic mass is 79.9. The van der Waals surface area contributed by atoms with E-state index in [0.29, 0.717) is 22.8 Å². The molecule has 1 aliphatic heterocycles. The smallest absolute Gasteiger partial charge is 0.189 e. The third kappa shape index (κ3) is 4.89. The van der Waals surface area contributed by atoms with Gasteiger partial charge in [-0.1, -0.05) is 12.1 Å². The summed E-state index contributed by atoms with van der Waals surface area (Å²) in [5.41, 5.74) is 1.63. The first-order chi connectivity index (χ1) is 13.8. The van der Waals surface area contributed by atoms with Crippen LogP contribution in [0.1, 0.15) is 35.3 Å². The number of halogens is 1. The Morgan fingerprint density at radius 3 is 2.62 bits per heavy atom. The molecule has 3 rings (SSSR count). The zero-order valence-corrected chi connectivity index (χ0v) is 18.4. The number of hydrogen-bond acceptors (Lipinski definition) is 5. The fraction of sp³-hybridized carbons (Fsp3) is 0.261. The second-order valence-corrected chi connectivity index (χ2v) is 7.89. The van der Waals surface area contributed by atoms with Gasteiger partial charge in [-0.25, -0.2) is 0 Å². The maximum atomic E-state index is 12.9. The highest BCUT2D eigenvalue weighted by Gasteiger charge is 2.27. The molecule has 0 fully saturated rings. The summed E-state index contributed by atoms with van der Waals surface area (Å²) < 4.78 is 22.6. The fourth-order valence-electron chi connectivity index (χ4n) is 2.92. The summed E-state index contributed by atoms with van der Waals surface area (Å²) in [6, 6.07) is 9.08. The van der Waals surface area contributed by atoms with Gasteiger partial charge in [0.05, 0.1) is 22.7 Å². The van der Waals surface area contributed by atoms with Crippen LogP contribution in [0, 0.1) is 0 Å². The number of methoxy groups -OCH3 is 2. The van der Waals surface area contributed by atoms with Crippen LogP contribution in [0.15, 0.2) is 47.0 Å². The number of ether oxygens (including phenoxy) is 4. The van der Waals surface area contributed by atoms with Gasteiger partial charge in [0, 0.05) is 7.11 Å². The summed E-state index contributed by atoms with van der Waals surface area (Å²) in [6.45, 7) is 4.06. The second kappa shape index (κ2) is 8.84. The van der Waals surface area contributed by atoms with Gasteiger partial charge in [0.25, 0.3) is 0 Å². The molecular weight excluding hydrogens is 436 g/mol. The van der Waals surface area contributed by atoms with Crippen molar-refractivity contribution in [2.24, 2.45) is 0 Å². The summed E-state index contributed by atoms with van der Waals surface area (Å²) in [4.78, 5) is 12.9. The number of carbonyl (C=O) groups excluding carboxylic acids is 1. The van der Waals surface area contributed by atoms with E-state index < -0.39 is 5.60 Å². The van der Waals surface area contributed by atoms with Crippen molar-refractivity contribution in [1.29, 1.82) is 0 Å². The Balaban J connectivity index is 1.86. The van der Waals surface area contributed by atoms with E-state index in [-0.39, 0.29) is 12.6 Å². The molecule has 0 unspecified atom stereocenters. The molecule has 0 spiro atoms. The van der Waals surface area contributed by atoms with Crippen molar-refractivity contribution < 1.29 is 23.7 Å². The van der Waals surface area contributed by atoms with Crippen LogP contribution in [0.2, 0.25) is 0 Å². The fourth-order valence-corrected chi connectivity index (χ4v) is 3.44. The van der Waals surface area contributed by atoms with Crippen LogP contribution >= 0.6 is 15.9 Å². The van der Waals surface area contributed by atoms with Gasteiger partial charge in [0.15, 0.2) is 12.6 Å². The van der Waals surface area contributed by atoms with Crippen molar-refractivity contribution in [1.82, 2.24) is 0 Å². The van der Waals surface area contributed by atoms with Crippen LogP contribution in [0.3, 0.4) is 0 Å². The van der Waals surface area contributed by atoms with E-state index in [2.05, 4.69) is 15.9 Å². The lowest BCUT2D eigenvalue weighted by atomic mass is 9.97. The number of fused-ring (bicyclic) bond motifs is 1. The molecule has 0 bridgehead atoms. The Hall–Kier alpha value is -2.57. The maximum Gasteiger partial charge on any atom is 0.189 e. The van der Waals surface area contributed by atoms with Gasteiger partial charge >= 0.3 is 0 Å². The van der Waals surface area contributed by atoms with Crippen molar-refractivity contribution >= 4 is 33.9 Å². The average Bonchev–Trinajstić information content (AvgIpc) is 2.69. The van der Waals surface area contributed by atoms with E-state index in [0.717, 1.165) is 15.6 Å². The Morgan fingerprint density at radius 2 is 1.93 bits per heavy atom. The highest BCUT2D eigenvalue weighted by molar-refractivity contribution is 9.10. The monoisotopic (exact) mass is 458 g/mol. The van der Waals surface area contributed by atoms with E-state index in [1.165, 1.54) is 6.08 Å². The topological polar surface area (TPSA) is 54.0 Å². The molecule has 5 nitrogen and oxygen atoms in total. The molecule has 6 heteroatoms. The molecule has 1 heterocycles. The number of allylic oxidation sites excluding steroid dienone is 1. The Morgan fingerprint density at radius 1 is 1.17 bits per heavy atom. The van der Waals surface area contributed by atoms with E-state index in [9.17, 15) is 4.79 Å². The molecule has 0 saturated heterocycles. The summed E-state index contributed by atoms with van der Waals surface area (Å²) in [5.74, 6) is 1.73. The number of carbonyl (C=O) groups is 1. The molecule has 29 heavy (non-hydrogen) atoms. The van der Waals surface area contributed by atoms with E-state index in [1.807, 2.05) is 44.2 Å². The number of ketones is 1. The van der Waals surface area contributed by atoms with Crippen LogP contribution < -0.4 is 14.2 Å². The molecule has 0 saturated carbocycles. The molecular formula is C23H23BrO5. The Labute approximate surface area is 179 Å². The highest BCUT2D eigenvalue weighted by Crippen LogP contribution is 2.40. The SMILES string of the molecule is COCOc1ccc(C=CC(=O)c2ccc(OC)c3c2OC(C)(C)C=C3)cc1Br. The van der Waals surface area contributed by atoms with Crippen LogP contribution in [-0.2, 0) is 4.74 Å². The summed E-state index contributed by atoms with van der Waals surface area (Å²) in [5, 5.41) is 0. The first-order valence-corrected chi connectivity index (χ1v) is 9.87. The van der Waals surface area contributed by atoms with Gasteiger partial charge in [-0.15, -0.1) is 0 Å². The summed E-state index contributed by atoms with van der Waals surface area (Å²) >= 11 is 3.47. The van der Waals surface area contributed by atoms with Gasteiger partial charge in [-0.3, -0.25) is 4.79 Å². The quantitative estimate of drug-likeness (QED) is 0.310. The minimum absolute atomic E-state index is 0.147. The third-order valence-corrected chi connectivity index (χ3v) is 4.99. The van der Waals surface area contributed by atoms with E-state index in [4.69, 9.17) is 18.9 Å². The minimum Gasteiger partial charge on any atom is -0.496 e. The van der Waals surface area contributed by atoms with Crippen molar-refractivity contribution in [2.75, 3.05) is 21.0 Å². The summed E-state index contributed by atoms with van der Waals surface area (Å²) in [7, 11) is 3.16. The maximum absolute atomic E-state index is 12.9. The van der Waals surface area contributed by atoms with E-state index in [1.54, 1.807) is 32.4 Å². The lowest BCUT2D eigenvalue weighted by molar-refractivity contribution is 0.0506. The lowest BCUT2D eigenvalue weighted by Gasteiger charge is -2.29. The molecule has 0 atom stereocenters. The second-order valence-electron chi connectivity index (χ2n) is 7.04. The van der Waals surface area contributed by atoms with Gasteiger partial charge < -0.3 is 18.9 Å². The van der Waals surface area contributed by atoms with Crippen LogP contribution in [0.4, 0.5) is 0 Å². The Kier molecular flexibility index (Phi) is 6.45. The number of hydrogen-bond donors (Lipinski definition) is 0. The first kappa shape index (κ1) is 21.1. The average molecular weight is 459 g/mol. The number of rotatable bonds is 7. The standard InChI is InChI=1S/C23H23BrO5/c1-23(2)12-11-17-20(27-4)10-7-16(22(17)29-23)19(25)8-5-15-6-9-21(18(24)13-15)28-14-26-3/h5-13H,14H2,1-4H3. The molecule has 2 aromatic rings. The van der Waals surface area contributed by atoms with Crippen molar-refractivity contribution in [3.05, 3.63) is 63.6 Å². The first-order valence-electron chi connectivity index (χ1n) is 9.07. The zero-order chi connectivity index (χ0) is 21.0. The van der Waals surface area contributed by atoms with Gasteiger partial charge in [0.2, 0.25) is 0 Å². The molecule has 0 aliphatic carbocycles. The Bertz CT molecular complexity index is 975. The number of benzene rings is 2. The molecule has 0 aromatic heterocycles. The van der Waals surface area contributed by atoms with Crippen molar-refractivity contribution in [3.63, 3.8) is 0 Å². The predicted octanol–water partition coefficient (Wildman–Crippen LogP) is 5.52.